The largest absolute Gasteiger partial charge is 0.349 e. The minimum absolute atomic E-state index is 0.237. The van der Waals surface area contributed by atoms with Gasteiger partial charge in [-0.2, -0.15) is 0 Å². The van der Waals surface area contributed by atoms with Crippen LogP contribution < -0.4 is 4.31 Å². The van der Waals surface area contributed by atoms with Crippen molar-refractivity contribution in [1.29, 1.82) is 0 Å². The van der Waals surface area contributed by atoms with Crippen molar-refractivity contribution >= 4 is 21.7 Å². The second-order valence-electron chi connectivity index (χ2n) is 5.82. The maximum Gasteiger partial charge on any atom is 0.235 e. The lowest BCUT2D eigenvalue weighted by Crippen LogP contribution is -2.35. The molecule has 1 heterocycles. The first-order valence-corrected chi connectivity index (χ1v) is 8.90. The average molecular weight is 324 g/mol. The first-order valence-electron chi connectivity index (χ1n) is 7.30. The monoisotopic (exact) mass is 324 g/mol. The summed E-state index contributed by atoms with van der Waals surface area (Å²) in [4.78, 5) is 8.50. The van der Waals surface area contributed by atoms with Crippen LogP contribution in [-0.4, -0.2) is 64.7 Å². The molecule has 1 saturated heterocycles. The van der Waals surface area contributed by atoms with Crippen LogP contribution in [0.15, 0.2) is 29.3 Å². The molecule has 1 aliphatic rings. The van der Waals surface area contributed by atoms with Crippen LogP contribution in [0.2, 0.25) is 0 Å². The van der Waals surface area contributed by atoms with Gasteiger partial charge in [-0.25, -0.2) is 13.4 Å². The fourth-order valence-electron chi connectivity index (χ4n) is 2.58. The third-order valence-electron chi connectivity index (χ3n) is 3.50. The molecule has 0 aromatic heterocycles. The van der Waals surface area contributed by atoms with E-state index in [9.17, 15) is 8.42 Å². The predicted octanol–water partition coefficient (Wildman–Crippen LogP) is 1.21. The molecule has 7 heteroatoms. The lowest BCUT2D eigenvalue weighted by molar-refractivity contribution is 0.479. The van der Waals surface area contributed by atoms with Crippen LogP contribution in [0.3, 0.4) is 0 Å². The highest BCUT2D eigenvalue weighted by molar-refractivity contribution is 7.93. The van der Waals surface area contributed by atoms with Crippen LogP contribution in [0, 0.1) is 0 Å². The van der Waals surface area contributed by atoms with Crippen molar-refractivity contribution in [3.8, 4) is 0 Å². The Bertz CT molecular complexity index is 643. The van der Waals surface area contributed by atoms with Gasteiger partial charge in [0, 0.05) is 34.7 Å². The van der Waals surface area contributed by atoms with E-state index < -0.39 is 10.0 Å². The molecular weight excluding hydrogens is 300 g/mol. The van der Waals surface area contributed by atoms with Crippen LogP contribution in [0.1, 0.15) is 12.0 Å². The smallest absolute Gasteiger partial charge is 0.235 e. The number of sulfonamides is 1. The summed E-state index contributed by atoms with van der Waals surface area (Å²) < 4.78 is 25.5. The van der Waals surface area contributed by atoms with Crippen molar-refractivity contribution in [2.75, 3.05) is 44.8 Å². The van der Waals surface area contributed by atoms with Crippen molar-refractivity contribution in [2.24, 2.45) is 4.99 Å². The number of guanidine groups is 1. The Labute approximate surface area is 133 Å². The summed E-state index contributed by atoms with van der Waals surface area (Å²) in [6.45, 7) is 1.09. The van der Waals surface area contributed by atoms with Gasteiger partial charge in [-0.05, 0) is 24.1 Å². The maximum absolute atomic E-state index is 12.0. The zero-order chi connectivity index (χ0) is 16.3. The van der Waals surface area contributed by atoms with E-state index in [2.05, 4.69) is 4.99 Å². The van der Waals surface area contributed by atoms with Crippen LogP contribution in [-0.2, 0) is 16.6 Å². The van der Waals surface area contributed by atoms with Crippen molar-refractivity contribution in [3.05, 3.63) is 29.8 Å². The van der Waals surface area contributed by atoms with E-state index in [-0.39, 0.29) is 5.75 Å². The number of benzene rings is 1. The highest BCUT2D eigenvalue weighted by Crippen LogP contribution is 2.24. The number of aliphatic imine (C=N–C) groups is 1. The first kappa shape index (κ1) is 16.6. The van der Waals surface area contributed by atoms with E-state index in [4.69, 9.17) is 0 Å². The van der Waals surface area contributed by atoms with Gasteiger partial charge in [-0.1, -0.05) is 12.1 Å². The van der Waals surface area contributed by atoms with Crippen molar-refractivity contribution in [3.63, 3.8) is 0 Å². The zero-order valence-electron chi connectivity index (χ0n) is 13.7. The Balaban J connectivity index is 2.21. The quantitative estimate of drug-likeness (QED) is 0.619. The van der Waals surface area contributed by atoms with Crippen molar-refractivity contribution in [1.82, 2.24) is 9.80 Å². The third-order valence-corrected chi connectivity index (χ3v) is 5.37. The standard InChI is InChI=1S/C15H24N4O2S/c1-17(2)15(18(3)4)16-12-13-7-5-8-14(11-13)19-9-6-10-22(19,20)21/h5,7-8,11H,6,9-10,12H2,1-4H3. The highest BCUT2D eigenvalue weighted by atomic mass is 32.2. The molecule has 2 rings (SSSR count). The van der Waals surface area contributed by atoms with Gasteiger partial charge in [-0.3, -0.25) is 4.31 Å². The molecule has 1 aromatic rings. The lowest BCUT2D eigenvalue weighted by atomic mass is 10.2. The number of rotatable bonds is 3. The molecule has 0 spiro atoms. The van der Waals surface area contributed by atoms with E-state index in [0.29, 0.717) is 19.5 Å². The van der Waals surface area contributed by atoms with E-state index in [1.165, 1.54) is 4.31 Å². The minimum Gasteiger partial charge on any atom is -0.349 e. The van der Waals surface area contributed by atoms with Gasteiger partial charge in [-0.15, -0.1) is 0 Å². The molecule has 0 bridgehead atoms. The Hall–Kier alpha value is -1.76. The van der Waals surface area contributed by atoms with Crippen molar-refractivity contribution in [2.45, 2.75) is 13.0 Å². The Morgan fingerprint density at radius 3 is 2.45 bits per heavy atom. The van der Waals surface area contributed by atoms with E-state index >= 15 is 0 Å². The van der Waals surface area contributed by atoms with Gasteiger partial charge in [0.1, 0.15) is 0 Å². The van der Waals surface area contributed by atoms with Gasteiger partial charge in [0.25, 0.3) is 0 Å². The molecule has 0 N–H and O–H groups in total. The molecular formula is C15H24N4O2S. The van der Waals surface area contributed by atoms with Crippen LogP contribution >= 0.6 is 0 Å². The number of nitrogens with zero attached hydrogens (tertiary/aromatic N) is 4. The molecule has 0 atom stereocenters. The third kappa shape index (κ3) is 3.71. The average Bonchev–Trinajstić information content (AvgIpc) is 2.78. The molecule has 1 aliphatic heterocycles. The van der Waals surface area contributed by atoms with E-state index in [0.717, 1.165) is 17.2 Å². The van der Waals surface area contributed by atoms with Gasteiger partial charge in [0.2, 0.25) is 10.0 Å². The molecule has 0 saturated carbocycles. The number of hydrogen-bond donors (Lipinski definition) is 0. The summed E-state index contributed by atoms with van der Waals surface area (Å²) in [6, 6.07) is 7.61. The van der Waals surface area contributed by atoms with E-state index in [1.807, 2.05) is 62.3 Å². The Morgan fingerprint density at radius 1 is 1.23 bits per heavy atom. The van der Waals surface area contributed by atoms with Crippen molar-refractivity contribution < 1.29 is 8.42 Å². The fraction of sp³-hybridized carbons (Fsp3) is 0.533. The SMILES string of the molecule is CN(C)C(=NCc1cccc(N2CCCS2(=O)=O)c1)N(C)C. The summed E-state index contributed by atoms with van der Waals surface area (Å²) >= 11 is 0. The van der Waals surface area contributed by atoms with Gasteiger partial charge >= 0.3 is 0 Å². The first-order chi connectivity index (χ1) is 10.3. The number of hydrogen-bond acceptors (Lipinski definition) is 3. The lowest BCUT2D eigenvalue weighted by Gasteiger charge is -2.22. The zero-order valence-corrected chi connectivity index (χ0v) is 14.5. The van der Waals surface area contributed by atoms with Gasteiger partial charge in [0.05, 0.1) is 18.0 Å². The minimum atomic E-state index is -3.13. The molecule has 6 nitrogen and oxygen atoms in total. The van der Waals surface area contributed by atoms with Crippen LogP contribution in [0.5, 0.6) is 0 Å². The maximum atomic E-state index is 12.0. The molecule has 1 fully saturated rings. The topological polar surface area (TPSA) is 56.2 Å². The molecule has 1 aromatic carbocycles. The Kier molecular flexibility index (Phi) is 4.95. The summed E-state index contributed by atoms with van der Waals surface area (Å²) in [5, 5.41) is 0. The summed E-state index contributed by atoms with van der Waals surface area (Å²) in [6.07, 6.45) is 0.691. The molecule has 22 heavy (non-hydrogen) atoms. The summed E-state index contributed by atoms with van der Waals surface area (Å²) in [7, 11) is 4.67. The van der Waals surface area contributed by atoms with E-state index in [1.54, 1.807) is 0 Å². The molecule has 0 aliphatic carbocycles. The second-order valence-corrected chi connectivity index (χ2v) is 7.83. The Morgan fingerprint density at radius 2 is 1.91 bits per heavy atom. The number of anilines is 1. The van der Waals surface area contributed by atoms with Gasteiger partial charge in [0.15, 0.2) is 5.96 Å². The normalized spacial score (nSPS) is 16.5. The summed E-state index contributed by atoms with van der Waals surface area (Å²) in [5.41, 5.74) is 1.74. The van der Waals surface area contributed by atoms with Gasteiger partial charge < -0.3 is 9.80 Å². The van der Waals surface area contributed by atoms with Crippen LogP contribution in [0.4, 0.5) is 5.69 Å². The second kappa shape index (κ2) is 6.56. The summed E-state index contributed by atoms with van der Waals surface area (Å²) in [5.74, 6) is 1.11. The fourth-order valence-corrected chi connectivity index (χ4v) is 4.14. The highest BCUT2D eigenvalue weighted by Gasteiger charge is 2.28. The molecule has 0 amide bonds. The molecule has 0 unspecified atom stereocenters. The van der Waals surface area contributed by atoms with Crippen LogP contribution in [0.25, 0.3) is 0 Å². The molecule has 122 valence electrons. The molecule has 0 radical (unpaired) electrons. The predicted molar refractivity (Wildman–Crippen MR) is 90.7 cm³/mol.